The number of benzene rings is 2. The van der Waals surface area contributed by atoms with Gasteiger partial charge in [0.1, 0.15) is 35.6 Å². The van der Waals surface area contributed by atoms with E-state index in [9.17, 15) is 4.39 Å². The molecule has 96 valence electrons. The molecule has 0 saturated heterocycles. The number of para-hydroxylation sites is 1. The fourth-order valence-corrected chi connectivity index (χ4v) is 1.71. The first-order chi connectivity index (χ1) is 9.26. The van der Waals surface area contributed by atoms with Crippen molar-refractivity contribution in [1.29, 1.82) is 5.26 Å². The van der Waals surface area contributed by atoms with Gasteiger partial charge in [-0.1, -0.05) is 24.3 Å². The van der Waals surface area contributed by atoms with Crippen molar-refractivity contribution in [1.82, 2.24) is 0 Å². The van der Waals surface area contributed by atoms with Gasteiger partial charge in [0, 0.05) is 5.56 Å². The Hall–Kier alpha value is -2.54. The van der Waals surface area contributed by atoms with E-state index in [1.165, 1.54) is 12.1 Å². The first-order valence-corrected chi connectivity index (χ1v) is 5.69. The summed E-state index contributed by atoms with van der Waals surface area (Å²) in [5.74, 6) is 0.339. The predicted molar refractivity (Wildman–Crippen MR) is 68.4 cm³/mol. The van der Waals surface area contributed by atoms with Crippen LogP contribution in [0.4, 0.5) is 4.39 Å². The van der Waals surface area contributed by atoms with E-state index in [0.717, 1.165) is 5.56 Å². The van der Waals surface area contributed by atoms with E-state index < -0.39 is 5.82 Å². The van der Waals surface area contributed by atoms with Gasteiger partial charge in [-0.3, -0.25) is 0 Å². The smallest absolute Gasteiger partial charge is 0.144 e. The molecule has 0 aliphatic rings. The highest BCUT2D eigenvalue weighted by Crippen LogP contribution is 2.24. The summed E-state index contributed by atoms with van der Waals surface area (Å²) in [5, 5.41) is 8.90. The van der Waals surface area contributed by atoms with E-state index in [1.807, 2.05) is 24.3 Å². The van der Waals surface area contributed by atoms with Crippen molar-refractivity contribution in [2.75, 3.05) is 7.11 Å². The molecule has 2 aromatic carbocycles. The van der Waals surface area contributed by atoms with E-state index >= 15 is 0 Å². The third kappa shape index (κ3) is 2.83. The second-order valence-corrected chi connectivity index (χ2v) is 3.83. The molecule has 19 heavy (non-hydrogen) atoms. The van der Waals surface area contributed by atoms with Crippen molar-refractivity contribution in [3.8, 4) is 17.6 Å². The Morgan fingerprint density at radius 1 is 1.11 bits per heavy atom. The Labute approximate surface area is 110 Å². The lowest BCUT2D eigenvalue weighted by atomic mass is 10.2. The van der Waals surface area contributed by atoms with Gasteiger partial charge in [-0.05, 0) is 18.2 Å². The van der Waals surface area contributed by atoms with Crippen LogP contribution in [0.5, 0.6) is 11.5 Å². The van der Waals surface area contributed by atoms with E-state index in [-0.39, 0.29) is 17.9 Å². The first kappa shape index (κ1) is 12.9. The molecular weight excluding hydrogens is 245 g/mol. The van der Waals surface area contributed by atoms with Crippen LogP contribution in [0, 0.1) is 17.1 Å². The molecule has 0 radical (unpaired) electrons. The van der Waals surface area contributed by atoms with Gasteiger partial charge in [-0.2, -0.15) is 5.26 Å². The van der Waals surface area contributed by atoms with Crippen LogP contribution in [0.2, 0.25) is 0 Å². The van der Waals surface area contributed by atoms with Crippen molar-refractivity contribution in [2.24, 2.45) is 0 Å². The molecule has 0 fully saturated rings. The summed E-state index contributed by atoms with van der Waals surface area (Å²) in [6, 6.07) is 13.5. The van der Waals surface area contributed by atoms with Gasteiger partial charge >= 0.3 is 0 Å². The highest BCUT2D eigenvalue weighted by Gasteiger charge is 2.10. The van der Waals surface area contributed by atoms with Gasteiger partial charge in [0.2, 0.25) is 0 Å². The first-order valence-electron chi connectivity index (χ1n) is 5.69. The minimum absolute atomic E-state index is 0.0857. The van der Waals surface area contributed by atoms with E-state index in [4.69, 9.17) is 14.7 Å². The largest absolute Gasteiger partial charge is 0.496 e. The number of hydrogen-bond donors (Lipinski definition) is 0. The summed E-state index contributed by atoms with van der Waals surface area (Å²) in [5.41, 5.74) is 0.746. The summed E-state index contributed by atoms with van der Waals surface area (Å²) in [7, 11) is 1.57. The minimum Gasteiger partial charge on any atom is -0.496 e. The van der Waals surface area contributed by atoms with Crippen LogP contribution in [0.15, 0.2) is 42.5 Å². The van der Waals surface area contributed by atoms with Gasteiger partial charge in [-0.25, -0.2) is 4.39 Å². The quantitative estimate of drug-likeness (QED) is 0.844. The molecule has 0 atom stereocenters. The molecule has 0 heterocycles. The molecule has 0 saturated carbocycles. The number of rotatable bonds is 4. The van der Waals surface area contributed by atoms with E-state index in [1.54, 1.807) is 19.2 Å². The predicted octanol–water partition coefficient (Wildman–Crippen LogP) is 3.28. The van der Waals surface area contributed by atoms with Gasteiger partial charge in [0.05, 0.1) is 7.11 Å². The van der Waals surface area contributed by atoms with Crippen LogP contribution >= 0.6 is 0 Å². The molecule has 3 nitrogen and oxygen atoms in total. The van der Waals surface area contributed by atoms with Crippen molar-refractivity contribution < 1.29 is 13.9 Å². The molecule has 0 spiro atoms. The van der Waals surface area contributed by atoms with Crippen LogP contribution in [0.1, 0.15) is 11.1 Å². The molecular formula is C15H12FNO2. The number of nitrogens with zero attached hydrogens (tertiary/aromatic N) is 1. The van der Waals surface area contributed by atoms with E-state index in [2.05, 4.69) is 0 Å². The highest BCUT2D eigenvalue weighted by atomic mass is 19.1. The molecule has 2 rings (SSSR count). The summed E-state index contributed by atoms with van der Waals surface area (Å²) < 4.78 is 24.1. The number of methoxy groups -OCH3 is 1. The maximum absolute atomic E-state index is 13.4. The molecule has 0 bridgehead atoms. The maximum atomic E-state index is 13.4. The lowest BCUT2D eigenvalue weighted by molar-refractivity contribution is 0.294. The van der Waals surface area contributed by atoms with Gasteiger partial charge in [0.25, 0.3) is 0 Å². The van der Waals surface area contributed by atoms with Crippen molar-refractivity contribution in [3.05, 3.63) is 59.4 Å². The third-order valence-corrected chi connectivity index (χ3v) is 2.66. The molecule has 2 aromatic rings. The zero-order valence-corrected chi connectivity index (χ0v) is 10.4. The van der Waals surface area contributed by atoms with E-state index in [0.29, 0.717) is 5.75 Å². The monoisotopic (exact) mass is 257 g/mol. The number of hydrogen-bond acceptors (Lipinski definition) is 3. The topological polar surface area (TPSA) is 42.2 Å². The van der Waals surface area contributed by atoms with Crippen LogP contribution in [-0.2, 0) is 6.61 Å². The van der Waals surface area contributed by atoms with Gasteiger partial charge in [0.15, 0.2) is 0 Å². The Morgan fingerprint density at radius 3 is 2.58 bits per heavy atom. The number of ether oxygens (including phenoxy) is 2. The lowest BCUT2D eigenvalue weighted by Gasteiger charge is -2.11. The standard InChI is InChI=1S/C15H12FNO2/c1-18-14-7-3-2-5-11(14)10-19-15-8-4-6-13(16)12(15)9-17/h2-8H,10H2,1H3. The van der Waals surface area contributed by atoms with Crippen LogP contribution in [-0.4, -0.2) is 7.11 Å². The lowest BCUT2D eigenvalue weighted by Crippen LogP contribution is -2.00. The van der Waals surface area contributed by atoms with Crippen molar-refractivity contribution >= 4 is 0 Å². The molecule has 0 aromatic heterocycles. The summed E-state index contributed by atoms with van der Waals surface area (Å²) in [6.07, 6.45) is 0. The molecule has 0 aliphatic heterocycles. The van der Waals surface area contributed by atoms with Crippen molar-refractivity contribution in [2.45, 2.75) is 6.61 Å². The van der Waals surface area contributed by atoms with Gasteiger partial charge < -0.3 is 9.47 Å². The Balaban J connectivity index is 2.20. The Bertz CT molecular complexity index is 620. The SMILES string of the molecule is COc1ccccc1COc1cccc(F)c1C#N. The average molecular weight is 257 g/mol. The molecule has 0 amide bonds. The average Bonchev–Trinajstić information content (AvgIpc) is 2.45. The second kappa shape index (κ2) is 5.87. The van der Waals surface area contributed by atoms with Crippen molar-refractivity contribution in [3.63, 3.8) is 0 Å². The third-order valence-electron chi connectivity index (χ3n) is 2.66. The maximum Gasteiger partial charge on any atom is 0.144 e. The zero-order chi connectivity index (χ0) is 13.7. The highest BCUT2D eigenvalue weighted by molar-refractivity contribution is 5.44. The summed E-state index contributed by atoms with van der Waals surface area (Å²) in [6.45, 7) is 0.210. The Morgan fingerprint density at radius 2 is 1.84 bits per heavy atom. The molecule has 0 aliphatic carbocycles. The van der Waals surface area contributed by atoms with Crippen LogP contribution in [0.25, 0.3) is 0 Å². The summed E-state index contributed by atoms with van der Waals surface area (Å²) >= 11 is 0. The van der Waals surface area contributed by atoms with Gasteiger partial charge in [-0.15, -0.1) is 0 Å². The molecule has 0 unspecified atom stereocenters. The fraction of sp³-hybridized carbons (Fsp3) is 0.133. The summed E-state index contributed by atoms with van der Waals surface area (Å²) in [4.78, 5) is 0. The second-order valence-electron chi connectivity index (χ2n) is 3.83. The minimum atomic E-state index is -0.583. The normalized spacial score (nSPS) is 9.74. The molecule has 4 heteroatoms. The number of nitriles is 1. The fourth-order valence-electron chi connectivity index (χ4n) is 1.71. The van der Waals surface area contributed by atoms with Crippen LogP contribution in [0.3, 0.4) is 0 Å². The zero-order valence-electron chi connectivity index (χ0n) is 10.4. The molecule has 0 N–H and O–H groups in total. The Kier molecular flexibility index (Phi) is 3.99. The van der Waals surface area contributed by atoms with Crippen LogP contribution < -0.4 is 9.47 Å². The number of halogens is 1.